The second kappa shape index (κ2) is 3.07. The number of hydrogen-bond donors (Lipinski definition) is 2. The Morgan fingerprint density at radius 1 is 1.43 bits per heavy atom. The summed E-state index contributed by atoms with van der Waals surface area (Å²) >= 11 is 0. The van der Waals surface area contributed by atoms with Gasteiger partial charge in [-0.05, 0) is 25.2 Å². The van der Waals surface area contributed by atoms with E-state index in [9.17, 15) is 8.42 Å². The molecule has 0 aliphatic carbocycles. The summed E-state index contributed by atoms with van der Waals surface area (Å²) in [6, 6.07) is 4.80. The van der Waals surface area contributed by atoms with Gasteiger partial charge in [0.05, 0.1) is 16.6 Å². The molecule has 0 aliphatic rings. The predicted octanol–water partition coefficient (Wildman–Crippen LogP) is 0.471. The van der Waals surface area contributed by atoms with Crippen molar-refractivity contribution in [2.45, 2.75) is 4.90 Å². The molecule has 0 radical (unpaired) electrons. The van der Waals surface area contributed by atoms with E-state index in [1.807, 2.05) is 0 Å². The molecule has 0 aliphatic heterocycles. The number of nitrogens with zero attached hydrogens (tertiary/aromatic N) is 1. The van der Waals surface area contributed by atoms with Crippen LogP contribution in [0.5, 0.6) is 0 Å². The molecular weight excluding hydrogens is 202 g/mol. The number of H-pyrrole nitrogens is 1. The fraction of sp³-hybridized carbons (Fsp3) is 0.125. The van der Waals surface area contributed by atoms with E-state index in [-0.39, 0.29) is 4.90 Å². The highest BCUT2D eigenvalue weighted by atomic mass is 32.2. The maximum Gasteiger partial charge on any atom is 0.240 e. The second-order valence-electron chi connectivity index (χ2n) is 2.83. The van der Waals surface area contributed by atoms with Crippen LogP contribution >= 0.6 is 0 Å². The quantitative estimate of drug-likeness (QED) is 0.758. The minimum absolute atomic E-state index is 0.244. The van der Waals surface area contributed by atoms with Crippen molar-refractivity contribution >= 4 is 20.9 Å². The molecule has 6 heteroatoms. The van der Waals surface area contributed by atoms with Gasteiger partial charge in [0.25, 0.3) is 0 Å². The number of hydrogen-bond acceptors (Lipinski definition) is 3. The zero-order valence-corrected chi connectivity index (χ0v) is 8.30. The number of benzene rings is 1. The minimum atomic E-state index is -3.36. The summed E-state index contributed by atoms with van der Waals surface area (Å²) in [6.45, 7) is 0. The first-order valence-corrected chi connectivity index (χ1v) is 5.48. The van der Waals surface area contributed by atoms with Crippen molar-refractivity contribution in [3.05, 3.63) is 24.4 Å². The van der Waals surface area contributed by atoms with E-state index in [2.05, 4.69) is 14.9 Å². The number of aromatic nitrogens is 2. The zero-order chi connectivity index (χ0) is 10.2. The summed E-state index contributed by atoms with van der Waals surface area (Å²) in [5.41, 5.74) is 0.819. The largest absolute Gasteiger partial charge is 0.278 e. The number of nitrogens with one attached hydrogen (secondary N) is 2. The molecule has 2 rings (SSSR count). The third kappa shape index (κ3) is 1.38. The van der Waals surface area contributed by atoms with E-state index in [0.717, 1.165) is 10.9 Å². The molecule has 0 fully saturated rings. The van der Waals surface area contributed by atoms with Crippen molar-refractivity contribution in [2.24, 2.45) is 0 Å². The minimum Gasteiger partial charge on any atom is -0.278 e. The summed E-state index contributed by atoms with van der Waals surface area (Å²) in [7, 11) is -1.98. The van der Waals surface area contributed by atoms with Crippen molar-refractivity contribution in [2.75, 3.05) is 7.05 Å². The smallest absolute Gasteiger partial charge is 0.240 e. The van der Waals surface area contributed by atoms with E-state index in [0.29, 0.717) is 0 Å². The molecule has 0 spiro atoms. The lowest BCUT2D eigenvalue weighted by Gasteiger charge is -2.01. The molecular formula is C8H9N3O2S. The molecule has 0 bridgehead atoms. The van der Waals surface area contributed by atoms with Crippen LogP contribution in [0.4, 0.5) is 0 Å². The van der Waals surface area contributed by atoms with Crippen LogP contribution < -0.4 is 4.72 Å². The van der Waals surface area contributed by atoms with Crippen LogP contribution in [0.1, 0.15) is 0 Å². The maximum absolute atomic E-state index is 11.4. The molecule has 5 nitrogen and oxygen atoms in total. The van der Waals surface area contributed by atoms with Crippen LogP contribution in [0.15, 0.2) is 29.3 Å². The molecule has 2 aromatic rings. The first-order chi connectivity index (χ1) is 6.63. The summed E-state index contributed by atoms with van der Waals surface area (Å²) in [5.74, 6) is 0. The Morgan fingerprint density at radius 2 is 2.21 bits per heavy atom. The summed E-state index contributed by atoms with van der Waals surface area (Å²) in [5, 5.41) is 7.34. The van der Waals surface area contributed by atoms with Gasteiger partial charge in [-0.1, -0.05) is 0 Å². The molecule has 2 N–H and O–H groups in total. The van der Waals surface area contributed by atoms with Crippen molar-refractivity contribution in [3.8, 4) is 0 Å². The van der Waals surface area contributed by atoms with E-state index in [1.54, 1.807) is 18.3 Å². The Kier molecular flexibility index (Phi) is 2.01. The standard InChI is InChI=1S/C8H9N3O2S/c1-9-14(12,13)7-2-3-8-6(4-7)5-10-11-8/h2-5,9H,1H3,(H,10,11). The monoisotopic (exact) mass is 211 g/mol. The normalized spacial score (nSPS) is 12.1. The lowest BCUT2D eigenvalue weighted by molar-refractivity contribution is 0.588. The van der Waals surface area contributed by atoms with Crippen LogP contribution in [-0.4, -0.2) is 25.7 Å². The number of fused-ring (bicyclic) bond motifs is 1. The highest BCUT2D eigenvalue weighted by molar-refractivity contribution is 7.89. The Morgan fingerprint density at radius 3 is 2.93 bits per heavy atom. The molecule has 1 aromatic heterocycles. The summed E-state index contributed by atoms with van der Waals surface area (Å²) in [6.07, 6.45) is 1.59. The van der Waals surface area contributed by atoms with Crippen molar-refractivity contribution < 1.29 is 8.42 Å². The second-order valence-corrected chi connectivity index (χ2v) is 4.71. The maximum atomic E-state index is 11.4. The van der Waals surface area contributed by atoms with Gasteiger partial charge in [0.1, 0.15) is 0 Å². The van der Waals surface area contributed by atoms with Gasteiger partial charge in [-0.15, -0.1) is 0 Å². The molecule has 0 saturated carbocycles. The third-order valence-electron chi connectivity index (χ3n) is 1.99. The first kappa shape index (κ1) is 9.17. The van der Waals surface area contributed by atoms with E-state index in [1.165, 1.54) is 13.1 Å². The molecule has 74 valence electrons. The highest BCUT2D eigenvalue weighted by Gasteiger charge is 2.11. The summed E-state index contributed by atoms with van der Waals surface area (Å²) in [4.78, 5) is 0.244. The van der Waals surface area contributed by atoms with Gasteiger partial charge in [0.2, 0.25) is 10.0 Å². The predicted molar refractivity (Wildman–Crippen MR) is 52.3 cm³/mol. The van der Waals surface area contributed by atoms with Gasteiger partial charge in [0, 0.05) is 5.39 Å². The topological polar surface area (TPSA) is 74.8 Å². The van der Waals surface area contributed by atoms with Gasteiger partial charge in [-0.3, -0.25) is 5.10 Å². The average Bonchev–Trinajstić information content (AvgIpc) is 2.64. The molecule has 1 aromatic carbocycles. The van der Waals surface area contributed by atoms with Crippen molar-refractivity contribution in [3.63, 3.8) is 0 Å². The Hall–Kier alpha value is -1.40. The van der Waals surface area contributed by atoms with Gasteiger partial charge in [-0.25, -0.2) is 13.1 Å². The Bertz CT molecular complexity index is 559. The molecule has 0 atom stereocenters. The molecule has 0 amide bonds. The van der Waals surface area contributed by atoms with Crippen LogP contribution in [0, 0.1) is 0 Å². The number of sulfonamides is 1. The lowest BCUT2D eigenvalue weighted by atomic mass is 10.3. The van der Waals surface area contributed by atoms with E-state index in [4.69, 9.17) is 0 Å². The van der Waals surface area contributed by atoms with Crippen LogP contribution in [0.3, 0.4) is 0 Å². The zero-order valence-electron chi connectivity index (χ0n) is 7.48. The third-order valence-corrected chi connectivity index (χ3v) is 3.40. The molecule has 0 saturated heterocycles. The Balaban J connectivity index is 2.65. The lowest BCUT2D eigenvalue weighted by Crippen LogP contribution is -2.18. The van der Waals surface area contributed by atoms with Crippen LogP contribution in [0.25, 0.3) is 10.9 Å². The number of rotatable bonds is 2. The van der Waals surface area contributed by atoms with Crippen molar-refractivity contribution in [1.82, 2.24) is 14.9 Å². The fourth-order valence-corrected chi connectivity index (χ4v) is 1.97. The average molecular weight is 211 g/mol. The van der Waals surface area contributed by atoms with Gasteiger partial charge in [-0.2, -0.15) is 5.10 Å². The number of aromatic amines is 1. The first-order valence-electron chi connectivity index (χ1n) is 4.00. The summed E-state index contributed by atoms with van der Waals surface area (Å²) < 4.78 is 25.1. The molecule has 0 unspecified atom stereocenters. The van der Waals surface area contributed by atoms with E-state index >= 15 is 0 Å². The Labute approximate surface area is 81.2 Å². The fourth-order valence-electron chi connectivity index (χ4n) is 1.21. The SMILES string of the molecule is CNS(=O)(=O)c1ccc2[nH]ncc2c1. The van der Waals surface area contributed by atoms with Crippen LogP contribution in [0.2, 0.25) is 0 Å². The van der Waals surface area contributed by atoms with Gasteiger partial charge in [0.15, 0.2) is 0 Å². The van der Waals surface area contributed by atoms with E-state index < -0.39 is 10.0 Å². The van der Waals surface area contributed by atoms with Crippen molar-refractivity contribution in [1.29, 1.82) is 0 Å². The molecule has 1 heterocycles. The van der Waals surface area contributed by atoms with Crippen LogP contribution in [-0.2, 0) is 10.0 Å². The highest BCUT2D eigenvalue weighted by Crippen LogP contribution is 2.16. The molecule has 14 heavy (non-hydrogen) atoms. The van der Waals surface area contributed by atoms with Gasteiger partial charge >= 0.3 is 0 Å². The van der Waals surface area contributed by atoms with Gasteiger partial charge < -0.3 is 0 Å².